The van der Waals surface area contributed by atoms with Crippen LogP contribution in [0, 0.1) is 5.92 Å². The maximum atomic E-state index is 12.1. The molecule has 23 heavy (non-hydrogen) atoms. The Morgan fingerprint density at radius 3 is 3.00 bits per heavy atom. The Bertz CT molecular complexity index is 526. The zero-order chi connectivity index (χ0) is 16.4. The number of fused-ring (bicyclic) bond motifs is 1. The van der Waals surface area contributed by atoms with Gasteiger partial charge in [-0.3, -0.25) is 5.10 Å². The molecule has 0 aromatic carbocycles. The second-order valence-electron chi connectivity index (χ2n) is 7.30. The first-order valence-electron chi connectivity index (χ1n) is 8.27. The standard InChI is InChI=1S/C16H26N4O3/c1-16(2,3)23-15(21)19-12-11-5-4-8-22-14(11)13(12)17-9-10-6-7-18-20-10/h6-7,11-14,17H,4-5,8-9H2,1-3H3,(H,18,20)(H,19,21). The van der Waals surface area contributed by atoms with Gasteiger partial charge in [-0.25, -0.2) is 4.79 Å². The van der Waals surface area contributed by atoms with Gasteiger partial charge in [-0.05, 0) is 39.7 Å². The monoisotopic (exact) mass is 322 g/mol. The molecule has 1 saturated carbocycles. The third-order valence-corrected chi connectivity index (χ3v) is 4.39. The highest BCUT2D eigenvalue weighted by Gasteiger charge is 2.53. The van der Waals surface area contributed by atoms with Gasteiger partial charge >= 0.3 is 6.09 Å². The van der Waals surface area contributed by atoms with Gasteiger partial charge in [0.05, 0.1) is 18.2 Å². The number of nitrogens with one attached hydrogen (secondary N) is 3. The molecule has 3 N–H and O–H groups in total. The van der Waals surface area contributed by atoms with E-state index >= 15 is 0 Å². The van der Waals surface area contributed by atoms with E-state index in [0.29, 0.717) is 12.5 Å². The maximum absolute atomic E-state index is 12.1. The molecule has 1 aliphatic heterocycles. The Kier molecular flexibility index (Phi) is 4.59. The Morgan fingerprint density at radius 1 is 1.48 bits per heavy atom. The molecular weight excluding hydrogens is 296 g/mol. The largest absolute Gasteiger partial charge is 0.444 e. The number of hydrogen-bond donors (Lipinski definition) is 3. The number of rotatable bonds is 4. The highest BCUT2D eigenvalue weighted by molar-refractivity contribution is 5.68. The third kappa shape index (κ3) is 3.84. The van der Waals surface area contributed by atoms with E-state index in [0.717, 1.165) is 25.1 Å². The molecule has 7 heteroatoms. The van der Waals surface area contributed by atoms with E-state index in [4.69, 9.17) is 9.47 Å². The number of hydrogen-bond acceptors (Lipinski definition) is 5. The summed E-state index contributed by atoms with van der Waals surface area (Å²) in [5.74, 6) is 0.357. The van der Waals surface area contributed by atoms with Gasteiger partial charge in [0.25, 0.3) is 0 Å². The van der Waals surface area contributed by atoms with Crippen LogP contribution in [0.3, 0.4) is 0 Å². The minimum absolute atomic E-state index is 0.0399. The van der Waals surface area contributed by atoms with Crippen LogP contribution in [0.2, 0.25) is 0 Å². The van der Waals surface area contributed by atoms with Crippen molar-refractivity contribution in [1.82, 2.24) is 20.8 Å². The Labute approximate surface area is 136 Å². The molecule has 1 aliphatic carbocycles. The van der Waals surface area contributed by atoms with Crippen LogP contribution in [0.4, 0.5) is 4.79 Å². The number of carbonyl (C=O) groups is 1. The van der Waals surface area contributed by atoms with Gasteiger partial charge in [-0.2, -0.15) is 5.10 Å². The Hall–Kier alpha value is -1.60. The molecular formula is C16H26N4O3. The van der Waals surface area contributed by atoms with Crippen molar-refractivity contribution < 1.29 is 14.3 Å². The SMILES string of the molecule is CC(C)(C)OC(=O)NC1C2CCCOC2C1NCc1ccn[nH]1. The minimum atomic E-state index is -0.491. The normalized spacial score (nSPS) is 30.2. The van der Waals surface area contributed by atoms with Crippen molar-refractivity contribution in [3.63, 3.8) is 0 Å². The molecule has 2 heterocycles. The fourth-order valence-corrected chi connectivity index (χ4v) is 3.40. The van der Waals surface area contributed by atoms with E-state index in [1.807, 2.05) is 26.8 Å². The van der Waals surface area contributed by atoms with Crippen molar-refractivity contribution >= 4 is 6.09 Å². The number of alkyl carbamates (subject to hydrolysis) is 1. The third-order valence-electron chi connectivity index (χ3n) is 4.39. The van der Waals surface area contributed by atoms with E-state index in [1.54, 1.807) is 6.20 Å². The summed E-state index contributed by atoms with van der Waals surface area (Å²) in [5.41, 5.74) is 0.523. The van der Waals surface area contributed by atoms with Gasteiger partial charge in [0.2, 0.25) is 0 Å². The van der Waals surface area contributed by atoms with Crippen LogP contribution < -0.4 is 10.6 Å². The first kappa shape index (κ1) is 16.3. The van der Waals surface area contributed by atoms with Crippen molar-refractivity contribution in [1.29, 1.82) is 0 Å². The molecule has 3 rings (SSSR count). The average molecular weight is 322 g/mol. The highest BCUT2D eigenvalue weighted by atomic mass is 16.6. The van der Waals surface area contributed by atoms with Crippen LogP contribution in [0.5, 0.6) is 0 Å². The number of H-pyrrole nitrogens is 1. The van der Waals surface area contributed by atoms with Crippen LogP contribution >= 0.6 is 0 Å². The summed E-state index contributed by atoms with van der Waals surface area (Å²) in [6, 6.07) is 2.07. The number of aromatic nitrogens is 2. The second kappa shape index (κ2) is 6.49. The molecule has 4 atom stereocenters. The smallest absolute Gasteiger partial charge is 0.407 e. The molecule has 4 unspecified atom stereocenters. The van der Waals surface area contributed by atoms with Crippen molar-refractivity contribution in [3.05, 3.63) is 18.0 Å². The van der Waals surface area contributed by atoms with Crippen LogP contribution in [0.25, 0.3) is 0 Å². The van der Waals surface area contributed by atoms with Crippen LogP contribution in [0.15, 0.2) is 12.3 Å². The van der Waals surface area contributed by atoms with Gasteiger partial charge in [0.1, 0.15) is 5.60 Å². The predicted molar refractivity (Wildman–Crippen MR) is 84.8 cm³/mol. The minimum Gasteiger partial charge on any atom is -0.444 e. The molecule has 1 amide bonds. The number of carbonyl (C=O) groups excluding carboxylic acids is 1. The number of nitrogens with zero attached hydrogens (tertiary/aromatic N) is 1. The fourth-order valence-electron chi connectivity index (χ4n) is 3.40. The van der Waals surface area contributed by atoms with Crippen molar-refractivity contribution in [2.75, 3.05) is 6.61 Å². The molecule has 2 aliphatic rings. The van der Waals surface area contributed by atoms with E-state index in [1.165, 1.54) is 0 Å². The number of ether oxygens (including phenoxy) is 2. The van der Waals surface area contributed by atoms with Crippen molar-refractivity contribution in [3.8, 4) is 0 Å². The summed E-state index contributed by atoms with van der Waals surface area (Å²) in [6.45, 7) is 7.07. The lowest BCUT2D eigenvalue weighted by atomic mass is 9.68. The molecule has 7 nitrogen and oxygen atoms in total. The van der Waals surface area contributed by atoms with Gasteiger partial charge in [0, 0.05) is 31.0 Å². The van der Waals surface area contributed by atoms with Gasteiger partial charge < -0.3 is 20.1 Å². The lowest BCUT2D eigenvalue weighted by molar-refractivity contribution is -0.128. The van der Waals surface area contributed by atoms with E-state index < -0.39 is 5.60 Å². The first-order valence-corrected chi connectivity index (χ1v) is 8.27. The molecule has 0 radical (unpaired) electrons. The Morgan fingerprint density at radius 2 is 2.30 bits per heavy atom. The van der Waals surface area contributed by atoms with Gasteiger partial charge in [-0.15, -0.1) is 0 Å². The van der Waals surface area contributed by atoms with Crippen LogP contribution in [-0.2, 0) is 16.0 Å². The quantitative estimate of drug-likeness (QED) is 0.783. The molecule has 1 saturated heterocycles. The molecule has 2 fully saturated rings. The first-order chi connectivity index (χ1) is 10.9. The van der Waals surface area contributed by atoms with E-state index in [2.05, 4.69) is 20.8 Å². The molecule has 1 aromatic rings. The summed E-state index contributed by atoms with van der Waals surface area (Å²) in [6.07, 6.45) is 3.65. The average Bonchev–Trinajstić information content (AvgIpc) is 2.97. The summed E-state index contributed by atoms with van der Waals surface area (Å²) in [7, 11) is 0. The summed E-state index contributed by atoms with van der Waals surface area (Å²) in [4.78, 5) is 12.1. The summed E-state index contributed by atoms with van der Waals surface area (Å²) in [5, 5.41) is 13.4. The zero-order valence-corrected chi connectivity index (χ0v) is 14.0. The number of aromatic amines is 1. The van der Waals surface area contributed by atoms with Crippen molar-refractivity contribution in [2.45, 2.75) is 63.9 Å². The molecule has 128 valence electrons. The number of amides is 1. The van der Waals surface area contributed by atoms with Gasteiger partial charge in [-0.1, -0.05) is 0 Å². The van der Waals surface area contributed by atoms with Crippen LogP contribution in [0.1, 0.15) is 39.3 Å². The zero-order valence-electron chi connectivity index (χ0n) is 14.0. The van der Waals surface area contributed by atoms with Crippen LogP contribution in [-0.4, -0.2) is 46.7 Å². The van der Waals surface area contributed by atoms with E-state index in [9.17, 15) is 4.79 Å². The summed E-state index contributed by atoms with van der Waals surface area (Å²) >= 11 is 0. The lowest BCUT2D eigenvalue weighted by Gasteiger charge is -2.54. The molecule has 0 bridgehead atoms. The van der Waals surface area contributed by atoms with Crippen molar-refractivity contribution in [2.24, 2.45) is 5.92 Å². The highest BCUT2D eigenvalue weighted by Crippen LogP contribution is 2.38. The Balaban J connectivity index is 1.59. The topological polar surface area (TPSA) is 88.3 Å². The maximum Gasteiger partial charge on any atom is 0.407 e. The fraction of sp³-hybridized carbons (Fsp3) is 0.750. The van der Waals surface area contributed by atoms with Gasteiger partial charge in [0.15, 0.2) is 0 Å². The van der Waals surface area contributed by atoms with E-state index in [-0.39, 0.29) is 24.3 Å². The molecule has 1 aromatic heterocycles. The predicted octanol–water partition coefficient (Wildman–Crippen LogP) is 1.57. The summed E-state index contributed by atoms with van der Waals surface area (Å²) < 4.78 is 11.3. The lowest BCUT2D eigenvalue weighted by Crippen LogP contribution is -2.73. The molecule has 0 spiro atoms. The second-order valence-corrected chi connectivity index (χ2v) is 7.30.